The summed E-state index contributed by atoms with van der Waals surface area (Å²) in [4.78, 5) is 0. The van der Waals surface area contributed by atoms with Crippen LogP contribution in [0.1, 0.15) is 16.7 Å². The monoisotopic (exact) mass is 240 g/mol. The Labute approximate surface area is 104 Å². The maximum Gasteiger partial charge on any atom is 0.158 e. The lowest BCUT2D eigenvalue weighted by atomic mass is 9.98. The van der Waals surface area contributed by atoms with Gasteiger partial charge in [0.2, 0.25) is 0 Å². The van der Waals surface area contributed by atoms with Gasteiger partial charge in [-0.25, -0.2) is 0 Å². The van der Waals surface area contributed by atoms with Crippen LogP contribution in [0.4, 0.5) is 0 Å². The van der Waals surface area contributed by atoms with Crippen molar-refractivity contribution < 1.29 is 15.3 Å². The van der Waals surface area contributed by atoms with E-state index in [0.717, 1.165) is 28.7 Å². The van der Waals surface area contributed by atoms with Crippen LogP contribution in [0.3, 0.4) is 0 Å². The van der Waals surface area contributed by atoms with Gasteiger partial charge in [-0.1, -0.05) is 18.2 Å². The fourth-order valence-corrected chi connectivity index (χ4v) is 2.28. The van der Waals surface area contributed by atoms with Crippen LogP contribution in [-0.2, 0) is 6.42 Å². The van der Waals surface area contributed by atoms with Gasteiger partial charge in [-0.2, -0.15) is 0 Å². The molecule has 18 heavy (non-hydrogen) atoms. The van der Waals surface area contributed by atoms with Crippen LogP contribution in [0.15, 0.2) is 42.5 Å². The third-order valence-corrected chi connectivity index (χ3v) is 3.19. The molecule has 0 radical (unpaired) electrons. The molecule has 0 aromatic heterocycles. The second kappa shape index (κ2) is 3.81. The number of hydrogen-bond acceptors (Lipinski definition) is 3. The molecule has 1 aliphatic rings. The number of benzene rings is 2. The summed E-state index contributed by atoms with van der Waals surface area (Å²) in [5, 5.41) is 28.3. The summed E-state index contributed by atoms with van der Waals surface area (Å²) in [6.45, 7) is 0. The standard InChI is InChI=1S/C15H12O3/c16-11-4-1-9(2-5-11)12-6-3-10-7-14(17)15(18)8-13(10)12/h1-2,4-8,16-18H,3H2. The fourth-order valence-electron chi connectivity index (χ4n) is 2.28. The molecule has 0 atom stereocenters. The van der Waals surface area contributed by atoms with Crippen molar-refractivity contribution in [3.8, 4) is 17.2 Å². The first kappa shape index (κ1) is 10.7. The van der Waals surface area contributed by atoms with Crippen LogP contribution in [0.5, 0.6) is 17.2 Å². The lowest BCUT2D eigenvalue weighted by Crippen LogP contribution is -1.87. The molecule has 3 nitrogen and oxygen atoms in total. The highest BCUT2D eigenvalue weighted by Gasteiger charge is 2.18. The molecule has 3 rings (SSSR count). The lowest BCUT2D eigenvalue weighted by molar-refractivity contribution is 0.403. The van der Waals surface area contributed by atoms with Crippen molar-refractivity contribution in [3.05, 3.63) is 59.2 Å². The van der Waals surface area contributed by atoms with Gasteiger partial charge in [-0.15, -0.1) is 0 Å². The minimum absolute atomic E-state index is 0.0888. The first-order valence-electron chi connectivity index (χ1n) is 5.70. The number of fused-ring (bicyclic) bond motifs is 1. The van der Waals surface area contributed by atoms with Gasteiger partial charge in [0.15, 0.2) is 11.5 Å². The summed E-state index contributed by atoms with van der Waals surface area (Å²) in [6.07, 6.45) is 2.79. The predicted octanol–water partition coefficient (Wildman–Crippen LogP) is 2.79. The van der Waals surface area contributed by atoms with E-state index in [-0.39, 0.29) is 17.2 Å². The van der Waals surface area contributed by atoms with Crippen molar-refractivity contribution in [2.45, 2.75) is 6.42 Å². The molecule has 0 aliphatic heterocycles. The molecular formula is C15H12O3. The summed E-state index contributed by atoms with van der Waals surface area (Å²) in [7, 11) is 0. The van der Waals surface area contributed by atoms with Gasteiger partial charge in [-0.05, 0) is 52.9 Å². The number of phenolic OH excluding ortho intramolecular Hbond substituents is 3. The van der Waals surface area contributed by atoms with E-state index in [4.69, 9.17) is 0 Å². The molecular weight excluding hydrogens is 228 g/mol. The zero-order valence-electron chi connectivity index (χ0n) is 9.59. The van der Waals surface area contributed by atoms with Crippen LogP contribution < -0.4 is 0 Å². The highest BCUT2D eigenvalue weighted by atomic mass is 16.3. The Morgan fingerprint density at radius 2 is 1.50 bits per heavy atom. The van der Waals surface area contributed by atoms with Crippen LogP contribution in [-0.4, -0.2) is 15.3 Å². The Hall–Kier alpha value is -2.42. The number of phenols is 3. The van der Waals surface area contributed by atoms with Gasteiger partial charge in [0.05, 0.1) is 0 Å². The Kier molecular flexibility index (Phi) is 2.27. The van der Waals surface area contributed by atoms with Crippen molar-refractivity contribution >= 4 is 5.57 Å². The summed E-state index contributed by atoms with van der Waals surface area (Å²) >= 11 is 0. The Morgan fingerprint density at radius 1 is 0.833 bits per heavy atom. The van der Waals surface area contributed by atoms with E-state index in [2.05, 4.69) is 6.08 Å². The fraction of sp³-hybridized carbons (Fsp3) is 0.0667. The van der Waals surface area contributed by atoms with Crippen molar-refractivity contribution in [2.75, 3.05) is 0 Å². The Balaban J connectivity index is 2.09. The molecule has 90 valence electrons. The molecule has 0 saturated carbocycles. The van der Waals surface area contributed by atoms with Gasteiger partial charge in [-0.3, -0.25) is 0 Å². The quantitative estimate of drug-likeness (QED) is 0.672. The number of rotatable bonds is 1. The van der Waals surface area contributed by atoms with E-state index in [9.17, 15) is 15.3 Å². The molecule has 0 bridgehead atoms. The maximum atomic E-state index is 9.58. The van der Waals surface area contributed by atoms with E-state index < -0.39 is 0 Å². The van der Waals surface area contributed by atoms with Gasteiger partial charge in [0, 0.05) is 0 Å². The highest BCUT2D eigenvalue weighted by Crippen LogP contribution is 2.39. The van der Waals surface area contributed by atoms with Gasteiger partial charge < -0.3 is 15.3 Å². The largest absolute Gasteiger partial charge is 0.508 e. The van der Waals surface area contributed by atoms with Crippen molar-refractivity contribution in [1.29, 1.82) is 0 Å². The Bertz CT molecular complexity index is 640. The highest BCUT2D eigenvalue weighted by molar-refractivity contribution is 5.85. The average molecular weight is 240 g/mol. The summed E-state index contributed by atoms with van der Waals surface area (Å²) < 4.78 is 0. The molecule has 3 heteroatoms. The number of allylic oxidation sites excluding steroid dienone is 1. The molecule has 0 amide bonds. The maximum absolute atomic E-state index is 9.58. The first-order valence-corrected chi connectivity index (χ1v) is 5.70. The van der Waals surface area contributed by atoms with E-state index in [1.165, 1.54) is 0 Å². The molecule has 2 aromatic rings. The van der Waals surface area contributed by atoms with Crippen molar-refractivity contribution in [2.24, 2.45) is 0 Å². The van der Waals surface area contributed by atoms with Crippen molar-refractivity contribution in [3.63, 3.8) is 0 Å². The van der Waals surface area contributed by atoms with Crippen LogP contribution in [0.25, 0.3) is 5.57 Å². The van der Waals surface area contributed by atoms with E-state index in [0.29, 0.717) is 0 Å². The number of aromatic hydroxyl groups is 3. The SMILES string of the molecule is Oc1ccc(C2=CCc3cc(O)c(O)cc32)cc1. The molecule has 0 saturated heterocycles. The third-order valence-electron chi connectivity index (χ3n) is 3.19. The molecule has 0 heterocycles. The molecule has 3 N–H and O–H groups in total. The van der Waals surface area contributed by atoms with E-state index in [1.807, 2.05) is 12.1 Å². The van der Waals surface area contributed by atoms with E-state index in [1.54, 1.807) is 24.3 Å². The normalized spacial score (nSPS) is 13.2. The molecule has 0 fully saturated rings. The van der Waals surface area contributed by atoms with Crippen LogP contribution in [0, 0.1) is 0 Å². The summed E-state index contributed by atoms with van der Waals surface area (Å²) in [5.74, 6) is 0.0283. The topological polar surface area (TPSA) is 60.7 Å². The average Bonchev–Trinajstić information content (AvgIpc) is 2.74. The molecule has 2 aromatic carbocycles. The third kappa shape index (κ3) is 1.61. The molecule has 0 spiro atoms. The van der Waals surface area contributed by atoms with Crippen LogP contribution >= 0.6 is 0 Å². The second-order valence-corrected chi connectivity index (χ2v) is 4.37. The second-order valence-electron chi connectivity index (χ2n) is 4.37. The minimum Gasteiger partial charge on any atom is -0.508 e. The van der Waals surface area contributed by atoms with Crippen molar-refractivity contribution in [1.82, 2.24) is 0 Å². The van der Waals surface area contributed by atoms with Gasteiger partial charge in [0.1, 0.15) is 5.75 Å². The lowest BCUT2D eigenvalue weighted by Gasteiger charge is -2.08. The summed E-state index contributed by atoms with van der Waals surface area (Å²) in [6, 6.07) is 10.1. The zero-order chi connectivity index (χ0) is 12.7. The Morgan fingerprint density at radius 3 is 2.22 bits per heavy atom. The molecule has 1 aliphatic carbocycles. The zero-order valence-corrected chi connectivity index (χ0v) is 9.59. The summed E-state index contributed by atoms with van der Waals surface area (Å²) in [5.41, 5.74) is 3.92. The molecule has 0 unspecified atom stereocenters. The van der Waals surface area contributed by atoms with Gasteiger partial charge in [0.25, 0.3) is 0 Å². The van der Waals surface area contributed by atoms with E-state index >= 15 is 0 Å². The first-order chi connectivity index (χ1) is 8.65. The predicted molar refractivity (Wildman–Crippen MR) is 68.7 cm³/mol. The smallest absolute Gasteiger partial charge is 0.158 e. The minimum atomic E-state index is -0.111. The van der Waals surface area contributed by atoms with Gasteiger partial charge >= 0.3 is 0 Å². The number of hydrogen-bond donors (Lipinski definition) is 3. The van der Waals surface area contributed by atoms with Crippen LogP contribution in [0.2, 0.25) is 0 Å².